The second kappa shape index (κ2) is 8.93. The fourth-order valence-electron chi connectivity index (χ4n) is 2.88. The number of rotatable bonds is 5. The van der Waals surface area contributed by atoms with Gasteiger partial charge in [0, 0.05) is 35.4 Å². The number of nitrogens with one attached hydrogen (secondary N) is 1. The summed E-state index contributed by atoms with van der Waals surface area (Å²) in [5.74, 6) is 1.39. The first-order chi connectivity index (χ1) is 12.9. The summed E-state index contributed by atoms with van der Waals surface area (Å²) in [4.78, 5) is 19.3. The lowest BCUT2D eigenvalue weighted by Crippen LogP contribution is -2.33. The van der Waals surface area contributed by atoms with E-state index >= 15 is 0 Å². The molecule has 0 radical (unpaired) electrons. The Balaban J connectivity index is 1.58. The van der Waals surface area contributed by atoms with Gasteiger partial charge in [-0.3, -0.25) is 4.79 Å². The van der Waals surface area contributed by atoms with Crippen molar-refractivity contribution < 1.29 is 4.79 Å². The molecule has 6 heteroatoms. The highest BCUT2D eigenvalue weighted by Crippen LogP contribution is 2.28. The molecule has 1 amide bonds. The molecule has 3 rings (SSSR count). The monoisotopic (exact) mass is 445 g/mol. The maximum absolute atomic E-state index is 12.4. The molecule has 0 aliphatic carbocycles. The molecule has 0 spiro atoms. The molecule has 4 nitrogen and oxygen atoms in total. The molecular weight excluding hydrogens is 422 g/mol. The van der Waals surface area contributed by atoms with Gasteiger partial charge in [-0.05, 0) is 41.8 Å². The molecule has 1 heterocycles. The van der Waals surface area contributed by atoms with Crippen molar-refractivity contribution in [2.75, 3.05) is 18.1 Å². The van der Waals surface area contributed by atoms with Crippen LogP contribution in [0.5, 0.6) is 0 Å². The number of thioether (sulfide) groups is 1. The molecule has 2 aromatic carbocycles. The zero-order valence-corrected chi connectivity index (χ0v) is 18.2. The first kappa shape index (κ1) is 20.0. The summed E-state index contributed by atoms with van der Waals surface area (Å²) in [6.07, 6.45) is 0.451. The Labute approximate surface area is 173 Å². The van der Waals surface area contributed by atoms with Crippen LogP contribution in [0.15, 0.2) is 58.0 Å². The molecule has 1 aliphatic rings. The van der Waals surface area contributed by atoms with Crippen LogP contribution < -0.4 is 5.32 Å². The number of aliphatic imine (C=N–C) groups is 1. The fourth-order valence-corrected chi connectivity index (χ4v) is 4.47. The zero-order chi connectivity index (χ0) is 19.4. The number of benzene rings is 2. The van der Waals surface area contributed by atoms with Gasteiger partial charge >= 0.3 is 0 Å². The maximum Gasteiger partial charge on any atom is 0.226 e. The van der Waals surface area contributed by atoms with E-state index in [1.54, 1.807) is 11.8 Å². The predicted octanol–water partition coefficient (Wildman–Crippen LogP) is 5.64. The molecule has 0 saturated carbocycles. The first-order valence-electron chi connectivity index (χ1n) is 9.02. The molecule has 142 valence electrons. The molecular formula is C21H24BrN3OS. The Morgan fingerprint density at radius 3 is 2.70 bits per heavy atom. The summed E-state index contributed by atoms with van der Waals surface area (Å²) in [6.45, 7) is 4.32. The maximum atomic E-state index is 12.4. The number of hydrogen-bond donors (Lipinski definition) is 1. The van der Waals surface area contributed by atoms with E-state index in [1.807, 2.05) is 43.4 Å². The number of anilines is 1. The average Bonchev–Trinajstić information content (AvgIpc) is 2.95. The van der Waals surface area contributed by atoms with Crippen LogP contribution in [0.25, 0.3) is 0 Å². The number of amides is 1. The number of carbonyl (C=O) groups excluding carboxylic acids is 1. The van der Waals surface area contributed by atoms with Gasteiger partial charge in [0.05, 0.1) is 5.69 Å². The van der Waals surface area contributed by atoms with Crippen LogP contribution in [-0.2, 0) is 4.79 Å². The second-order valence-electron chi connectivity index (χ2n) is 6.98. The van der Waals surface area contributed by atoms with Crippen molar-refractivity contribution in [3.63, 3.8) is 0 Å². The average molecular weight is 446 g/mol. The molecule has 1 saturated heterocycles. The highest BCUT2D eigenvalue weighted by Gasteiger charge is 2.29. The van der Waals surface area contributed by atoms with Gasteiger partial charge in [0.15, 0.2) is 5.17 Å². The van der Waals surface area contributed by atoms with Crippen LogP contribution in [0.1, 0.15) is 31.7 Å². The van der Waals surface area contributed by atoms with Gasteiger partial charge in [-0.15, -0.1) is 0 Å². The Kier molecular flexibility index (Phi) is 6.60. The number of nitrogens with zero attached hydrogens (tertiary/aromatic N) is 2. The third-order valence-electron chi connectivity index (χ3n) is 4.57. The van der Waals surface area contributed by atoms with Gasteiger partial charge in [0.2, 0.25) is 5.91 Å². The normalized spacial score (nSPS) is 18.3. The van der Waals surface area contributed by atoms with Crippen molar-refractivity contribution in [1.29, 1.82) is 0 Å². The van der Waals surface area contributed by atoms with E-state index < -0.39 is 0 Å². The van der Waals surface area contributed by atoms with Crippen LogP contribution in [0.4, 0.5) is 11.4 Å². The van der Waals surface area contributed by atoms with E-state index in [1.165, 1.54) is 5.56 Å². The van der Waals surface area contributed by atoms with E-state index in [-0.39, 0.29) is 11.9 Å². The topological polar surface area (TPSA) is 44.7 Å². The number of halogens is 1. The Hall–Kier alpha value is -1.79. The number of carbonyl (C=O) groups is 1. The largest absolute Gasteiger partial charge is 0.350 e. The van der Waals surface area contributed by atoms with Crippen molar-refractivity contribution in [1.82, 2.24) is 4.90 Å². The molecule has 1 unspecified atom stereocenters. The summed E-state index contributed by atoms with van der Waals surface area (Å²) >= 11 is 5.17. The van der Waals surface area contributed by atoms with Crippen LogP contribution in [0.2, 0.25) is 0 Å². The van der Waals surface area contributed by atoms with Crippen molar-refractivity contribution in [3.05, 3.63) is 58.6 Å². The fraction of sp³-hybridized carbons (Fsp3) is 0.333. The highest BCUT2D eigenvalue weighted by atomic mass is 79.9. The molecule has 1 atom stereocenters. The van der Waals surface area contributed by atoms with Crippen molar-refractivity contribution in [3.8, 4) is 0 Å². The smallest absolute Gasteiger partial charge is 0.226 e. The lowest BCUT2D eigenvalue weighted by molar-refractivity contribution is -0.116. The van der Waals surface area contributed by atoms with E-state index in [2.05, 4.69) is 52.1 Å². The summed E-state index contributed by atoms with van der Waals surface area (Å²) in [5.41, 5.74) is 3.03. The minimum absolute atomic E-state index is 0.0356. The molecule has 1 N–H and O–H groups in total. The third-order valence-corrected chi connectivity index (χ3v) is 6.25. The lowest BCUT2D eigenvalue weighted by atomic mass is 10.0. The summed E-state index contributed by atoms with van der Waals surface area (Å²) in [7, 11) is 2.01. The van der Waals surface area contributed by atoms with Crippen LogP contribution in [0, 0.1) is 0 Å². The van der Waals surface area contributed by atoms with E-state index in [9.17, 15) is 4.79 Å². The van der Waals surface area contributed by atoms with Gasteiger partial charge < -0.3 is 10.2 Å². The van der Waals surface area contributed by atoms with Gasteiger partial charge in [-0.1, -0.05) is 59.7 Å². The summed E-state index contributed by atoms with van der Waals surface area (Å²) in [6, 6.07) is 16.2. The number of hydrogen-bond acceptors (Lipinski definition) is 3. The molecule has 0 bridgehead atoms. The molecule has 2 aromatic rings. The van der Waals surface area contributed by atoms with Crippen LogP contribution in [0.3, 0.4) is 0 Å². The van der Waals surface area contributed by atoms with Gasteiger partial charge in [-0.25, -0.2) is 4.99 Å². The van der Waals surface area contributed by atoms with Crippen molar-refractivity contribution >= 4 is 50.1 Å². The van der Waals surface area contributed by atoms with Gasteiger partial charge in [0.1, 0.15) is 0 Å². The lowest BCUT2D eigenvalue weighted by Gasteiger charge is -2.20. The van der Waals surface area contributed by atoms with E-state index in [0.29, 0.717) is 12.3 Å². The predicted molar refractivity (Wildman–Crippen MR) is 119 cm³/mol. The Bertz CT molecular complexity index is 836. The standard InChI is InChI=1S/C21H24BrN3OS/c1-14(2)15-7-9-17(10-8-15)23-20(26)12-19-13-27-21(25(19)3)24-18-6-4-5-16(22)11-18/h4-11,14,19H,12-13H2,1-3H3,(H,23,26). The Morgan fingerprint density at radius 1 is 1.30 bits per heavy atom. The first-order valence-corrected chi connectivity index (χ1v) is 10.8. The molecule has 1 fully saturated rings. The SMILES string of the molecule is CC(C)c1ccc(NC(=O)CC2CSC(=Nc3cccc(Br)c3)N2C)cc1. The number of amidine groups is 1. The highest BCUT2D eigenvalue weighted by molar-refractivity contribution is 9.10. The van der Waals surface area contributed by atoms with Crippen LogP contribution >= 0.6 is 27.7 Å². The van der Waals surface area contributed by atoms with E-state index in [4.69, 9.17) is 4.99 Å². The van der Waals surface area contributed by atoms with E-state index in [0.717, 1.165) is 26.8 Å². The van der Waals surface area contributed by atoms with Crippen molar-refractivity contribution in [2.45, 2.75) is 32.2 Å². The molecule has 27 heavy (non-hydrogen) atoms. The quantitative estimate of drug-likeness (QED) is 0.647. The van der Waals surface area contributed by atoms with Crippen LogP contribution in [-0.4, -0.2) is 34.8 Å². The minimum Gasteiger partial charge on any atom is -0.350 e. The van der Waals surface area contributed by atoms with Gasteiger partial charge in [0.25, 0.3) is 0 Å². The second-order valence-corrected chi connectivity index (χ2v) is 8.88. The zero-order valence-electron chi connectivity index (χ0n) is 15.8. The summed E-state index contributed by atoms with van der Waals surface area (Å²) < 4.78 is 1.01. The molecule has 1 aliphatic heterocycles. The molecule has 0 aromatic heterocycles. The minimum atomic E-state index is 0.0356. The van der Waals surface area contributed by atoms with Crippen molar-refractivity contribution in [2.24, 2.45) is 4.99 Å². The summed E-state index contributed by atoms with van der Waals surface area (Å²) in [5, 5.41) is 3.96. The third kappa shape index (κ3) is 5.36. The van der Waals surface area contributed by atoms with Gasteiger partial charge in [-0.2, -0.15) is 0 Å². The Morgan fingerprint density at radius 2 is 2.04 bits per heavy atom.